The van der Waals surface area contributed by atoms with Crippen LogP contribution >= 0.6 is 0 Å². The van der Waals surface area contributed by atoms with Crippen molar-refractivity contribution in [1.29, 1.82) is 0 Å². The number of nitrogens with zero attached hydrogens (tertiary/aromatic N) is 4. The first kappa shape index (κ1) is 18.9. The van der Waals surface area contributed by atoms with Crippen molar-refractivity contribution in [3.63, 3.8) is 0 Å². The molecule has 0 saturated carbocycles. The van der Waals surface area contributed by atoms with Crippen molar-refractivity contribution >= 4 is 17.5 Å². The zero-order valence-electron chi connectivity index (χ0n) is 15.8. The third-order valence-corrected chi connectivity index (χ3v) is 4.82. The van der Waals surface area contributed by atoms with E-state index >= 15 is 0 Å². The molecule has 0 atom stereocenters. The van der Waals surface area contributed by atoms with Crippen molar-refractivity contribution in [2.75, 3.05) is 24.1 Å². The van der Waals surface area contributed by atoms with Crippen LogP contribution in [0, 0.1) is 24.5 Å². The van der Waals surface area contributed by atoms with Gasteiger partial charge in [-0.2, -0.15) is 5.10 Å². The number of likely N-dealkylation sites (tertiary alicyclic amines) is 1. The summed E-state index contributed by atoms with van der Waals surface area (Å²) < 4.78 is 29.0. The Bertz CT molecular complexity index is 1060. The Morgan fingerprint density at radius 3 is 2.72 bits per heavy atom. The molecule has 3 N–H and O–H groups in total. The number of urea groups is 1. The topological polar surface area (TPSA) is 89.1 Å². The molecule has 3 heterocycles. The maximum Gasteiger partial charge on any atom is 0.323 e. The van der Waals surface area contributed by atoms with Gasteiger partial charge in [-0.3, -0.25) is 10.00 Å². The van der Waals surface area contributed by atoms with Crippen molar-refractivity contribution in [1.82, 2.24) is 19.7 Å². The molecule has 7 nitrogen and oxygen atoms in total. The van der Waals surface area contributed by atoms with Crippen LogP contribution in [-0.2, 0) is 6.54 Å². The number of amides is 2. The maximum absolute atomic E-state index is 14.0. The Morgan fingerprint density at radius 2 is 2.03 bits per heavy atom. The molecule has 2 aromatic heterocycles. The molecule has 1 aliphatic rings. The van der Waals surface area contributed by atoms with E-state index < -0.39 is 11.6 Å². The quantitative estimate of drug-likeness (QED) is 0.706. The lowest BCUT2D eigenvalue weighted by molar-refractivity contribution is 0.117. The molecule has 29 heavy (non-hydrogen) atoms. The smallest absolute Gasteiger partial charge is 0.323 e. The Labute approximate surface area is 166 Å². The Hall–Kier alpha value is -3.49. The number of pyridine rings is 1. The molecule has 150 valence electrons. The fourth-order valence-corrected chi connectivity index (χ4v) is 3.28. The summed E-state index contributed by atoms with van der Waals surface area (Å²) in [4.78, 5) is 18.4. The standard InChI is InChI=1S/C20H20F2N6O/c1-12-6-7-28(26-12)11-13-9-27(10-13)20(29)25-19-17(23)4-5-18(24-19)15-3-2-14(21)8-16(15)22/h2-8,13H,9-11,23H2,1H3,(H,24,25,29). The lowest BCUT2D eigenvalue weighted by atomic mass is 10.0. The molecule has 0 unspecified atom stereocenters. The Balaban J connectivity index is 1.41. The molecular weight excluding hydrogens is 378 g/mol. The molecule has 1 saturated heterocycles. The average Bonchev–Trinajstić information content (AvgIpc) is 3.05. The van der Waals surface area contributed by atoms with Gasteiger partial charge in [-0.25, -0.2) is 18.6 Å². The fourth-order valence-electron chi connectivity index (χ4n) is 3.28. The molecule has 1 aliphatic heterocycles. The van der Waals surface area contributed by atoms with Gasteiger partial charge in [0.05, 0.1) is 17.1 Å². The summed E-state index contributed by atoms with van der Waals surface area (Å²) in [6, 6.07) is 7.89. The van der Waals surface area contributed by atoms with Gasteiger partial charge in [0, 0.05) is 43.4 Å². The van der Waals surface area contributed by atoms with Crippen molar-refractivity contribution in [2.24, 2.45) is 5.92 Å². The molecule has 3 aromatic rings. The molecule has 1 aromatic carbocycles. The van der Waals surface area contributed by atoms with Crippen LogP contribution in [0.4, 0.5) is 25.1 Å². The van der Waals surface area contributed by atoms with Crippen LogP contribution in [0.5, 0.6) is 0 Å². The monoisotopic (exact) mass is 398 g/mol. The van der Waals surface area contributed by atoms with Gasteiger partial charge >= 0.3 is 6.03 Å². The van der Waals surface area contributed by atoms with E-state index in [-0.39, 0.29) is 28.8 Å². The van der Waals surface area contributed by atoms with Gasteiger partial charge in [0.25, 0.3) is 0 Å². The largest absolute Gasteiger partial charge is 0.396 e. The van der Waals surface area contributed by atoms with E-state index in [1.54, 1.807) is 4.90 Å². The number of hydrogen-bond donors (Lipinski definition) is 2. The molecule has 0 aliphatic carbocycles. The van der Waals surface area contributed by atoms with E-state index in [1.165, 1.54) is 18.2 Å². The fraction of sp³-hybridized carbons (Fsp3) is 0.250. The lowest BCUT2D eigenvalue weighted by Gasteiger charge is -2.39. The van der Waals surface area contributed by atoms with Gasteiger partial charge in [0.2, 0.25) is 0 Å². The number of carbonyl (C=O) groups excluding carboxylic acids is 1. The van der Waals surface area contributed by atoms with Gasteiger partial charge < -0.3 is 10.6 Å². The summed E-state index contributed by atoms with van der Waals surface area (Å²) in [6.07, 6.45) is 1.92. The predicted octanol–water partition coefficient (Wildman–Crippen LogP) is 3.28. The number of aromatic nitrogens is 3. The van der Waals surface area contributed by atoms with Crippen LogP contribution < -0.4 is 11.1 Å². The lowest BCUT2D eigenvalue weighted by Crippen LogP contribution is -2.53. The second-order valence-electron chi connectivity index (χ2n) is 7.14. The van der Waals surface area contributed by atoms with Crippen molar-refractivity contribution < 1.29 is 13.6 Å². The minimum Gasteiger partial charge on any atom is -0.396 e. The number of nitrogens with one attached hydrogen (secondary N) is 1. The van der Waals surface area contributed by atoms with Gasteiger partial charge in [-0.05, 0) is 37.3 Å². The van der Waals surface area contributed by atoms with Crippen molar-refractivity contribution in [2.45, 2.75) is 13.5 Å². The van der Waals surface area contributed by atoms with Crippen LogP contribution in [0.15, 0.2) is 42.6 Å². The second kappa shape index (κ2) is 7.50. The normalized spacial score (nSPS) is 14.0. The first-order valence-corrected chi connectivity index (χ1v) is 9.17. The number of hydrogen-bond acceptors (Lipinski definition) is 4. The van der Waals surface area contributed by atoms with Gasteiger partial charge in [-0.1, -0.05) is 0 Å². The highest BCUT2D eigenvalue weighted by atomic mass is 19.1. The summed E-state index contributed by atoms with van der Waals surface area (Å²) in [5.74, 6) is -0.945. The number of nitrogens with two attached hydrogens (primary N) is 1. The molecule has 0 radical (unpaired) electrons. The highest BCUT2D eigenvalue weighted by Crippen LogP contribution is 2.27. The first-order valence-electron chi connectivity index (χ1n) is 9.17. The summed E-state index contributed by atoms with van der Waals surface area (Å²) in [5, 5.41) is 7.02. The summed E-state index contributed by atoms with van der Waals surface area (Å²) in [6.45, 7) is 3.87. The number of anilines is 2. The minimum absolute atomic E-state index is 0.125. The van der Waals surface area contributed by atoms with Crippen LogP contribution in [0.2, 0.25) is 0 Å². The number of benzene rings is 1. The average molecular weight is 398 g/mol. The number of aryl methyl sites for hydroxylation is 1. The summed E-state index contributed by atoms with van der Waals surface area (Å²) in [7, 11) is 0. The van der Waals surface area contributed by atoms with Crippen LogP contribution in [0.1, 0.15) is 5.69 Å². The van der Waals surface area contributed by atoms with Crippen molar-refractivity contribution in [3.8, 4) is 11.3 Å². The number of rotatable bonds is 4. The highest BCUT2D eigenvalue weighted by Gasteiger charge is 2.31. The molecule has 2 amide bonds. The van der Waals surface area contributed by atoms with E-state index in [2.05, 4.69) is 15.4 Å². The van der Waals surface area contributed by atoms with Crippen LogP contribution in [0.3, 0.4) is 0 Å². The molecule has 9 heteroatoms. The Kier molecular flexibility index (Phi) is 4.87. The SMILES string of the molecule is Cc1ccn(CC2CN(C(=O)Nc3nc(-c4ccc(F)cc4F)ccc3N)C2)n1. The number of nitrogen functional groups attached to an aromatic ring is 1. The summed E-state index contributed by atoms with van der Waals surface area (Å²) >= 11 is 0. The van der Waals surface area contributed by atoms with Gasteiger partial charge in [0.15, 0.2) is 5.82 Å². The minimum atomic E-state index is -0.737. The second-order valence-corrected chi connectivity index (χ2v) is 7.14. The molecule has 4 rings (SSSR count). The Morgan fingerprint density at radius 1 is 1.24 bits per heavy atom. The van der Waals surface area contributed by atoms with Crippen molar-refractivity contribution in [3.05, 3.63) is 59.9 Å². The molecular formula is C20H20F2N6O. The van der Waals surface area contributed by atoms with Gasteiger partial charge in [-0.15, -0.1) is 0 Å². The zero-order valence-corrected chi connectivity index (χ0v) is 15.8. The zero-order chi connectivity index (χ0) is 20.5. The first-order chi connectivity index (χ1) is 13.9. The van der Waals surface area contributed by atoms with E-state index in [1.807, 2.05) is 23.9 Å². The summed E-state index contributed by atoms with van der Waals surface area (Å²) in [5.41, 5.74) is 7.50. The number of halogens is 2. The predicted molar refractivity (Wildman–Crippen MR) is 105 cm³/mol. The van der Waals surface area contributed by atoms with E-state index in [0.29, 0.717) is 19.0 Å². The van der Waals surface area contributed by atoms with Gasteiger partial charge in [0.1, 0.15) is 11.6 Å². The van der Waals surface area contributed by atoms with E-state index in [9.17, 15) is 13.6 Å². The van der Waals surface area contributed by atoms with Crippen LogP contribution in [0.25, 0.3) is 11.3 Å². The molecule has 0 spiro atoms. The van der Waals surface area contributed by atoms with Crippen LogP contribution in [-0.4, -0.2) is 38.8 Å². The molecule has 0 bridgehead atoms. The third-order valence-electron chi connectivity index (χ3n) is 4.82. The molecule has 1 fully saturated rings. The van der Waals surface area contributed by atoms with E-state index in [4.69, 9.17) is 5.73 Å². The maximum atomic E-state index is 14.0. The number of carbonyl (C=O) groups is 1. The van der Waals surface area contributed by atoms with E-state index in [0.717, 1.165) is 24.4 Å². The third kappa shape index (κ3) is 4.03. The highest BCUT2D eigenvalue weighted by molar-refractivity contribution is 5.92.